The Kier molecular flexibility index (Phi) is 4.09. The van der Waals surface area contributed by atoms with Gasteiger partial charge < -0.3 is 4.74 Å². The van der Waals surface area contributed by atoms with Crippen molar-refractivity contribution in [2.75, 3.05) is 13.2 Å². The van der Waals surface area contributed by atoms with Crippen molar-refractivity contribution in [1.82, 2.24) is 4.90 Å². The molecule has 2 rings (SSSR count). The Balaban J connectivity index is 1.94. The lowest BCUT2D eigenvalue weighted by Gasteiger charge is -2.24. The Morgan fingerprint density at radius 3 is 2.58 bits per heavy atom. The Labute approximate surface area is 109 Å². The second-order valence-corrected chi connectivity index (χ2v) is 4.29. The van der Waals surface area contributed by atoms with Gasteiger partial charge in [0.25, 0.3) is 0 Å². The predicted molar refractivity (Wildman–Crippen MR) is 62.4 cm³/mol. The van der Waals surface area contributed by atoms with Crippen LogP contribution in [-0.2, 0) is 16.0 Å². The summed E-state index contributed by atoms with van der Waals surface area (Å²) in [5, 5.41) is 0. The Morgan fingerprint density at radius 2 is 1.95 bits per heavy atom. The maximum Gasteiger partial charge on any atom is 0.416 e. The van der Waals surface area contributed by atoms with Gasteiger partial charge in [-0.05, 0) is 30.5 Å². The zero-order valence-electron chi connectivity index (χ0n) is 10.2. The lowest BCUT2D eigenvalue weighted by molar-refractivity contribution is -0.130. The number of rotatable bonds is 3. The van der Waals surface area contributed by atoms with Gasteiger partial charge in [0.2, 0.25) is 5.91 Å². The normalized spacial score (nSPS) is 15.3. The van der Waals surface area contributed by atoms with Crippen molar-refractivity contribution in [1.29, 1.82) is 0 Å². The van der Waals surface area contributed by atoms with Crippen LogP contribution in [0.25, 0.3) is 0 Å². The van der Waals surface area contributed by atoms with Gasteiger partial charge in [-0.2, -0.15) is 0 Å². The largest absolute Gasteiger partial charge is 0.449 e. The van der Waals surface area contributed by atoms with E-state index in [-0.39, 0.29) is 12.8 Å². The maximum atomic E-state index is 13.0. The van der Waals surface area contributed by atoms with Crippen LogP contribution < -0.4 is 0 Å². The van der Waals surface area contributed by atoms with E-state index in [0.717, 1.165) is 11.0 Å². The molecule has 2 amide bonds. The minimum absolute atomic E-state index is 0.0119. The van der Waals surface area contributed by atoms with Crippen LogP contribution in [0.5, 0.6) is 0 Å². The molecule has 0 radical (unpaired) electrons. The highest BCUT2D eigenvalue weighted by atomic mass is 19.1. The summed E-state index contributed by atoms with van der Waals surface area (Å²) >= 11 is 0. The summed E-state index contributed by atoms with van der Waals surface area (Å²) in [4.78, 5) is 24.1. The third-order valence-electron chi connectivity index (χ3n) is 2.82. The quantitative estimate of drug-likeness (QED) is 0.845. The van der Waals surface area contributed by atoms with E-state index in [1.165, 1.54) is 12.1 Å². The molecule has 1 aliphatic heterocycles. The summed E-state index contributed by atoms with van der Waals surface area (Å²) in [7, 11) is 0. The molecule has 0 bridgehead atoms. The Hall–Kier alpha value is -1.98. The average Bonchev–Trinajstić information content (AvgIpc) is 2.35. The van der Waals surface area contributed by atoms with E-state index in [9.17, 15) is 18.4 Å². The van der Waals surface area contributed by atoms with Crippen LogP contribution >= 0.6 is 0 Å². The third kappa shape index (κ3) is 3.49. The van der Waals surface area contributed by atoms with Crippen LogP contribution in [-0.4, -0.2) is 30.1 Å². The molecule has 4 nitrogen and oxygen atoms in total. The minimum Gasteiger partial charge on any atom is -0.449 e. The SMILES string of the molecule is O=C(CCc1cc(F)cc(F)c1)N1CCCOC1=O. The highest BCUT2D eigenvalue weighted by Gasteiger charge is 2.25. The fourth-order valence-corrected chi connectivity index (χ4v) is 1.92. The summed E-state index contributed by atoms with van der Waals surface area (Å²) in [6, 6.07) is 3.11. The van der Waals surface area contributed by atoms with Crippen molar-refractivity contribution in [3.63, 3.8) is 0 Å². The number of amides is 2. The zero-order chi connectivity index (χ0) is 13.8. The number of hydrogen-bond acceptors (Lipinski definition) is 3. The van der Waals surface area contributed by atoms with Crippen LogP contribution in [0, 0.1) is 11.6 Å². The summed E-state index contributed by atoms with van der Waals surface area (Å²) in [5.74, 6) is -1.76. The number of ether oxygens (including phenoxy) is 1. The van der Waals surface area contributed by atoms with Gasteiger partial charge in [0, 0.05) is 19.0 Å². The number of halogens is 2. The van der Waals surface area contributed by atoms with Gasteiger partial charge in [-0.3, -0.25) is 4.79 Å². The third-order valence-corrected chi connectivity index (χ3v) is 2.82. The summed E-state index contributed by atoms with van der Waals surface area (Å²) in [6.45, 7) is 0.646. The molecule has 0 atom stereocenters. The van der Waals surface area contributed by atoms with Crippen LogP contribution in [0.4, 0.5) is 13.6 Å². The summed E-state index contributed by atoms with van der Waals surface area (Å²) < 4.78 is 30.7. The first-order chi connectivity index (χ1) is 9.06. The van der Waals surface area contributed by atoms with E-state index >= 15 is 0 Å². The molecule has 0 saturated carbocycles. The lowest BCUT2D eigenvalue weighted by atomic mass is 10.1. The molecule has 19 heavy (non-hydrogen) atoms. The molecule has 0 aliphatic carbocycles. The second kappa shape index (κ2) is 5.77. The molecule has 0 N–H and O–H groups in total. The molecule has 6 heteroatoms. The highest BCUT2D eigenvalue weighted by molar-refractivity contribution is 5.92. The van der Waals surface area contributed by atoms with Gasteiger partial charge in [0.1, 0.15) is 11.6 Å². The van der Waals surface area contributed by atoms with Gasteiger partial charge in [-0.15, -0.1) is 0 Å². The van der Waals surface area contributed by atoms with Crippen LogP contribution in [0.2, 0.25) is 0 Å². The number of aryl methyl sites for hydroxylation is 1. The van der Waals surface area contributed by atoms with Gasteiger partial charge >= 0.3 is 6.09 Å². The van der Waals surface area contributed by atoms with Gasteiger partial charge in [-0.25, -0.2) is 18.5 Å². The number of carbonyl (C=O) groups is 2. The number of hydrogen-bond donors (Lipinski definition) is 0. The van der Waals surface area contributed by atoms with Crippen molar-refractivity contribution in [2.24, 2.45) is 0 Å². The van der Waals surface area contributed by atoms with Crippen molar-refractivity contribution in [3.8, 4) is 0 Å². The second-order valence-electron chi connectivity index (χ2n) is 4.29. The maximum absolute atomic E-state index is 13.0. The molecular formula is C13H13F2NO3. The number of imide groups is 1. The van der Waals surface area contributed by atoms with E-state index in [0.29, 0.717) is 25.1 Å². The molecule has 0 spiro atoms. The average molecular weight is 269 g/mol. The molecule has 1 aliphatic rings. The molecular weight excluding hydrogens is 256 g/mol. The van der Waals surface area contributed by atoms with Crippen molar-refractivity contribution in [2.45, 2.75) is 19.3 Å². The monoisotopic (exact) mass is 269 g/mol. The van der Waals surface area contributed by atoms with E-state index in [2.05, 4.69) is 0 Å². The summed E-state index contributed by atoms with van der Waals surface area (Å²) in [6.07, 6.45) is 0.142. The summed E-state index contributed by atoms with van der Waals surface area (Å²) in [5.41, 5.74) is 0.385. The number of cyclic esters (lactones) is 1. The number of nitrogens with zero attached hydrogens (tertiary/aromatic N) is 1. The smallest absolute Gasteiger partial charge is 0.416 e. The zero-order valence-corrected chi connectivity index (χ0v) is 10.2. The Bertz CT molecular complexity index is 484. The first kappa shape index (κ1) is 13.5. The van der Waals surface area contributed by atoms with Gasteiger partial charge in [0.05, 0.1) is 6.61 Å². The Morgan fingerprint density at radius 1 is 1.26 bits per heavy atom. The molecule has 0 aromatic heterocycles. The molecule has 1 saturated heterocycles. The van der Waals surface area contributed by atoms with Crippen LogP contribution in [0.3, 0.4) is 0 Å². The van der Waals surface area contributed by atoms with Gasteiger partial charge in [-0.1, -0.05) is 0 Å². The lowest BCUT2D eigenvalue weighted by Crippen LogP contribution is -2.42. The highest BCUT2D eigenvalue weighted by Crippen LogP contribution is 2.12. The number of benzene rings is 1. The van der Waals surface area contributed by atoms with Crippen LogP contribution in [0.15, 0.2) is 18.2 Å². The van der Waals surface area contributed by atoms with Crippen molar-refractivity contribution in [3.05, 3.63) is 35.4 Å². The van der Waals surface area contributed by atoms with Crippen LogP contribution in [0.1, 0.15) is 18.4 Å². The first-order valence-electron chi connectivity index (χ1n) is 5.98. The molecule has 1 heterocycles. The minimum atomic E-state index is -0.681. The predicted octanol–water partition coefficient (Wildman–Crippen LogP) is 2.27. The molecule has 1 aromatic rings. The fourth-order valence-electron chi connectivity index (χ4n) is 1.92. The molecule has 1 aromatic carbocycles. The van der Waals surface area contributed by atoms with Crippen molar-refractivity contribution >= 4 is 12.0 Å². The van der Waals surface area contributed by atoms with Gasteiger partial charge in [0.15, 0.2) is 0 Å². The standard InChI is InChI=1S/C13H13F2NO3/c14-10-6-9(7-11(15)8-10)2-3-12(17)16-4-1-5-19-13(16)18/h6-8H,1-5H2. The molecule has 102 valence electrons. The van der Waals surface area contributed by atoms with E-state index in [1.54, 1.807) is 0 Å². The fraction of sp³-hybridized carbons (Fsp3) is 0.385. The first-order valence-corrected chi connectivity index (χ1v) is 5.98. The molecule has 1 fully saturated rings. The molecule has 0 unspecified atom stereocenters. The van der Waals surface area contributed by atoms with E-state index in [4.69, 9.17) is 4.74 Å². The van der Waals surface area contributed by atoms with Crippen molar-refractivity contribution < 1.29 is 23.1 Å². The number of carbonyl (C=O) groups excluding carboxylic acids is 2. The van der Waals surface area contributed by atoms with E-state index in [1.807, 2.05) is 0 Å². The topological polar surface area (TPSA) is 46.6 Å². The van der Waals surface area contributed by atoms with E-state index < -0.39 is 23.6 Å².